The average molecular weight is 291 g/mol. The molecule has 0 saturated carbocycles. The largest absolute Gasteiger partial charge is 0.290 e. The normalized spacial score (nSPS) is 10.7. The number of benzene rings is 2. The SMILES string of the molecule is Cc1ccc(-c2cc(C(=O)NN)c3ccccc3n2)cc1C. The number of nitrogens with zero attached hydrogens (tertiary/aromatic N) is 1. The number of nitrogen functional groups attached to an aromatic ring is 1. The lowest BCUT2D eigenvalue weighted by molar-refractivity contribution is 0.0955. The molecule has 4 heteroatoms. The van der Waals surface area contributed by atoms with Crippen LogP contribution in [-0.2, 0) is 0 Å². The van der Waals surface area contributed by atoms with Crippen LogP contribution in [-0.4, -0.2) is 10.9 Å². The van der Waals surface area contributed by atoms with Gasteiger partial charge in [-0.15, -0.1) is 0 Å². The van der Waals surface area contributed by atoms with Crippen LogP contribution < -0.4 is 11.3 Å². The van der Waals surface area contributed by atoms with Gasteiger partial charge in [0.05, 0.1) is 16.8 Å². The molecule has 0 aliphatic rings. The molecular formula is C18H17N3O. The topological polar surface area (TPSA) is 68.0 Å². The van der Waals surface area contributed by atoms with E-state index in [-0.39, 0.29) is 5.91 Å². The van der Waals surface area contributed by atoms with Gasteiger partial charge in [0.2, 0.25) is 0 Å². The summed E-state index contributed by atoms with van der Waals surface area (Å²) in [5, 5.41) is 0.790. The quantitative estimate of drug-likeness (QED) is 0.433. The summed E-state index contributed by atoms with van der Waals surface area (Å²) in [5.41, 5.74) is 7.68. The number of hydrogen-bond acceptors (Lipinski definition) is 3. The first-order valence-corrected chi connectivity index (χ1v) is 7.08. The molecule has 3 N–H and O–H groups in total. The Morgan fingerprint density at radius 3 is 2.55 bits per heavy atom. The van der Waals surface area contributed by atoms with E-state index in [4.69, 9.17) is 5.84 Å². The van der Waals surface area contributed by atoms with Gasteiger partial charge < -0.3 is 0 Å². The van der Waals surface area contributed by atoms with Crippen molar-refractivity contribution in [2.45, 2.75) is 13.8 Å². The Kier molecular flexibility index (Phi) is 3.61. The van der Waals surface area contributed by atoms with Crippen molar-refractivity contribution in [2.75, 3.05) is 0 Å². The lowest BCUT2D eigenvalue weighted by Gasteiger charge is -2.10. The fourth-order valence-electron chi connectivity index (χ4n) is 2.49. The van der Waals surface area contributed by atoms with E-state index in [9.17, 15) is 4.79 Å². The first-order chi connectivity index (χ1) is 10.6. The number of carbonyl (C=O) groups excluding carboxylic acids is 1. The van der Waals surface area contributed by atoms with Crippen LogP contribution in [0.1, 0.15) is 21.5 Å². The molecule has 0 saturated heterocycles. The third-order valence-corrected chi connectivity index (χ3v) is 3.89. The minimum absolute atomic E-state index is 0.316. The molecule has 0 radical (unpaired) electrons. The fraction of sp³-hybridized carbons (Fsp3) is 0.111. The summed E-state index contributed by atoms with van der Waals surface area (Å²) in [6.45, 7) is 4.13. The summed E-state index contributed by atoms with van der Waals surface area (Å²) >= 11 is 0. The molecule has 4 nitrogen and oxygen atoms in total. The van der Waals surface area contributed by atoms with E-state index in [1.54, 1.807) is 6.07 Å². The van der Waals surface area contributed by atoms with E-state index in [1.807, 2.05) is 30.3 Å². The summed E-state index contributed by atoms with van der Waals surface area (Å²) in [7, 11) is 0. The molecule has 0 bridgehead atoms. The minimum atomic E-state index is -0.316. The second kappa shape index (κ2) is 5.58. The summed E-state index contributed by atoms with van der Waals surface area (Å²) in [4.78, 5) is 16.7. The number of para-hydroxylation sites is 1. The van der Waals surface area contributed by atoms with E-state index in [1.165, 1.54) is 11.1 Å². The van der Waals surface area contributed by atoms with E-state index in [0.29, 0.717) is 5.56 Å². The van der Waals surface area contributed by atoms with Crippen molar-refractivity contribution in [3.05, 3.63) is 65.2 Å². The maximum atomic E-state index is 12.1. The molecule has 110 valence electrons. The van der Waals surface area contributed by atoms with Crippen LogP contribution in [0.2, 0.25) is 0 Å². The van der Waals surface area contributed by atoms with Gasteiger partial charge in [-0.05, 0) is 43.2 Å². The Morgan fingerprint density at radius 2 is 1.82 bits per heavy atom. The average Bonchev–Trinajstić information content (AvgIpc) is 2.55. The molecule has 3 rings (SSSR count). The maximum absolute atomic E-state index is 12.1. The number of fused-ring (bicyclic) bond motifs is 1. The number of amides is 1. The maximum Gasteiger partial charge on any atom is 0.265 e. The predicted molar refractivity (Wildman–Crippen MR) is 88.3 cm³/mol. The van der Waals surface area contributed by atoms with Gasteiger partial charge >= 0.3 is 0 Å². The summed E-state index contributed by atoms with van der Waals surface area (Å²) in [6.07, 6.45) is 0. The Balaban J connectivity index is 2.26. The van der Waals surface area contributed by atoms with E-state index >= 15 is 0 Å². The predicted octanol–water partition coefficient (Wildman–Crippen LogP) is 3.12. The Labute approximate surface area is 129 Å². The van der Waals surface area contributed by atoms with Crippen molar-refractivity contribution < 1.29 is 4.79 Å². The highest BCUT2D eigenvalue weighted by atomic mass is 16.2. The number of carbonyl (C=O) groups is 1. The zero-order chi connectivity index (χ0) is 15.7. The number of nitrogens with one attached hydrogen (secondary N) is 1. The zero-order valence-corrected chi connectivity index (χ0v) is 12.6. The third-order valence-electron chi connectivity index (χ3n) is 3.89. The summed E-state index contributed by atoms with van der Waals surface area (Å²) in [5.74, 6) is 4.99. The molecular weight excluding hydrogens is 274 g/mol. The van der Waals surface area contributed by atoms with Gasteiger partial charge in [-0.2, -0.15) is 0 Å². The van der Waals surface area contributed by atoms with E-state index < -0.39 is 0 Å². The first-order valence-electron chi connectivity index (χ1n) is 7.08. The second-order valence-corrected chi connectivity index (χ2v) is 5.34. The number of hydrogen-bond donors (Lipinski definition) is 2. The van der Waals surface area contributed by atoms with Gasteiger partial charge in [-0.25, -0.2) is 10.8 Å². The van der Waals surface area contributed by atoms with Gasteiger partial charge in [0.25, 0.3) is 5.91 Å². The lowest BCUT2D eigenvalue weighted by Crippen LogP contribution is -2.30. The standard InChI is InChI=1S/C18H17N3O/c1-11-7-8-13(9-12(11)2)17-10-15(18(22)21-19)14-5-3-4-6-16(14)20-17/h3-10H,19H2,1-2H3,(H,21,22). The monoisotopic (exact) mass is 291 g/mol. The van der Waals surface area contributed by atoms with Crippen molar-refractivity contribution in [2.24, 2.45) is 5.84 Å². The minimum Gasteiger partial charge on any atom is -0.290 e. The smallest absolute Gasteiger partial charge is 0.265 e. The van der Waals surface area contributed by atoms with E-state index in [2.05, 4.69) is 36.4 Å². The van der Waals surface area contributed by atoms with Crippen molar-refractivity contribution in [3.63, 3.8) is 0 Å². The molecule has 0 atom stereocenters. The van der Waals surface area contributed by atoms with E-state index in [0.717, 1.165) is 22.2 Å². The second-order valence-electron chi connectivity index (χ2n) is 5.34. The Bertz CT molecular complexity index is 871. The Hall–Kier alpha value is -2.72. The molecule has 1 aromatic heterocycles. The molecule has 3 aromatic rings. The first kappa shape index (κ1) is 14.2. The van der Waals surface area contributed by atoms with Crippen LogP contribution in [0.5, 0.6) is 0 Å². The van der Waals surface area contributed by atoms with Crippen LogP contribution in [0, 0.1) is 13.8 Å². The van der Waals surface area contributed by atoms with Crippen molar-refractivity contribution in [1.29, 1.82) is 0 Å². The number of aryl methyl sites for hydroxylation is 2. The molecule has 1 amide bonds. The van der Waals surface area contributed by atoms with Crippen LogP contribution in [0.3, 0.4) is 0 Å². The number of pyridine rings is 1. The van der Waals surface area contributed by atoms with Gasteiger partial charge in [0.15, 0.2) is 0 Å². The van der Waals surface area contributed by atoms with Crippen molar-refractivity contribution in [1.82, 2.24) is 10.4 Å². The lowest BCUT2D eigenvalue weighted by atomic mass is 10.0. The molecule has 0 fully saturated rings. The van der Waals surface area contributed by atoms with Crippen LogP contribution >= 0.6 is 0 Å². The molecule has 0 spiro atoms. The molecule has 22 heavy (non-hydrogen) atoms. The van der Waals surface area contributed by atoms with Crippen molar-refractivity contribution >= 4 is 16.8 Å². The highest BCUT2D eigenvalue weighted by molar-refractivity contribution is 6.06. The molecule has 0 aliphatic heterocycles. The summed E-state index contributed by atoms with van der Waals surface area (Å²) in [6, 6.07) is 15.5. The number of hydrazine groups is 1. The molecule has 2 aromatic carbocycles. The summed E-state index contributed by atoms with van der Waals surface area (Å²) < 4.78 is 0. The van der Waals surface area contributed by atoms with Crippen LogP contribution in [0.25, 0.3) is 22.2 Å². The number of aromatic nitrogens is 1. The van der Waals surface area contributed by atoms with Gasteiger partial charge in [-0.1, -0.05) is 30.3 Å². The number of nitrogens with two attached hydrogens (primary N) is 1. The Morgan fingerprint density at radius 1 is 1.05 bits per heavy atom. The fourth-order valence-corrected chi connectivity index (χ4v) is 2.49. The van der Waals surface area contributed by atoms with Gasteiger partial charge in [0.1, 0.15) is 0 Å². The zero-order valence-electron chi connectivity index (χ0n) is 12.6. The molecule has 0 aliphatic carbocycles. The highest BCUT2D eigenvalue weighted by Gasteiger charge is 2.13. The highest BCUT2D eigenvalue weighted by Crippen LogP contribution is 2.26. The van der Waals surface area contributed by atoms with Gasteiger partial charge in [-0.3, -0.25) is 10.2 Å². The molecule has 1 heterocycles. The third kappa shape index (κ3) is 2.44. The van der Waals surface area contributed by atoms with Crippen LogP contribution in [0.15, 0.2) is 48.5 Å². The van der Waals surface area contributed by atoms with Crippen LogP contribution in [0.4, 0.5) is 0 Å². The number of rotatable bonds is 2. The van der Waals surface area contributed by atoms with Gasteiger partial charge in [0, 0.05) is 10.9 Å². The molecule has 0 unspecified atom stereocenters. The van der Waals surface area contributed by atoms with Crippen molar-refractivity contribution in [3.8, 4) is 11.3 Å².